The normalized spacial score (nSPS) is 11.4. The summed E-state index contributed by atoms with van der Waals surface area (Å²) in [6, 6.07) is 24.3. The minimum Gasteiger partial charge on any atom is -0.318 e. The third-order valence-electron chi connectivity index (χ3n) is 6.35. The van der Waals surface area contributed by atoms with E-state index < -0.39 is 0 Å². The summed E-state index contributed by atoms with van der Waals surface area (Å²) < 4.78 is 1.96. The molecule has 2 heterocycles. The highest BCUT2D eigenvalue weighted by Crippen LogP contribution is 2.30. The van der Waals surface area contributed by atoms with Crippen LogP contribution < -0.4 is 5.32 Å². The van der Waals surface area contributed by atoms with Crippen LogP contribution in [-0.4, -0.2) is 31.7 Å². The Hall–Kier alpha value is -3.97. The summed E-state index contributed by atoms with van der Waals surface area (Å²) >= 11 is 1.61. The van der Waals surface area contributed by atoms with E-state index >= 15 is 0 Å². The zero-order valence-corrected chi connectivity index (χ0v) is 22.4. The van der Waals surface area contributed by atoms with Gasteiger partial charge in [-0.25, -0.2) is 14.5 Å². The van der Waals surface area contributed by atoms with E-state index in [1.165, 1.54) is 0 Å². The average Bonchev–Trinajstić information content (AvgIpc) is 3.56. The predicted molar refractivity (Wildman–Crippen MR) is 152 cm³/mol. The van der Waals surface area contributed by atoms with Crippen molar-refractivity contribution >= 4 is 34.0 Å². The predicted octanol–water partition coefficient (Wildman–Crippen LogP) is 7.71. The first-order chi connectivity index (χ1) is 17.9. The number of hydrogen-bond donors (Lipinski definition) is 1. The van der Waals surface area contributed by atoms with Crippen LogP contribution in [0, 0.1) is 0 Å². The number of benzene rings is 3. The van der Waals surface area contributed by atoms with Crippen molar-refractivity contribution < 1.29 is 4.79 Å². The number of fused-ring (bicyclic) bond motifs is 1. The van der Waals surface area contributed by atoms with Gasteiger partial charge in [0.2, 0.25) is 0 Å². The zero-order chi connectivity index (χ0) is 25.9. The molecule has 0 aliphatic rings. The van der Waals surface area contributed by atoms with Gasteiger partial charge in [-0.1, -0.05) is 50.2 Å². The molecule has 0 saturated heterocycles. The van der Waals surface area contributed by atoms with Gasteiger partial charge in [0.25, 0.3) is 0 Å². The number of rotatable bonds is 7. The number of thiazole rings is 1. The molecule has 0 saturated carbocycles. The molecule has 0 radical (unpaired) electrons. The Morgan fingerprint density at radius 3 is 2.51 bits per heavy atom. The molecule has 5 aromatic rings. The molecule has 2 amide bonds. The lowest BCUT2D eigenvalue weighted by atomic mass is 10.1. The molecule has 3 aromatic carbocycles. The monoisotopic (exact) mass is 509 g/mol. The number of nitrogens with one attached hydrogen (secondary N) is 1. The fraction of sp³-hybridized carbons (Fsp3) is 0.233. The standard InChI is InChI=1S/C30H31N5OS/c1-20(2)28-26-14-13-24(18-27(26)35(33-28)25-11-6-5-7-12-25)32-30(36)34(21(3)4)19-22-9-8-10-23(17-22)29-31-15-16-37-29/h5-18,20-21H,19H2,1-4H3,(H,32,36). The van der Waals surface area contributed by atoms with Crippen molar-refractivity contribution in [3.8, 4) is 16.3 Å². The number of hydrogen-bond acceptors (Lipinski definition) is 4. The summed E-state index contributed by atoms with van der Waals surface area (Å²) in [6.45, 7) is 8.87. The van der Waals surface area contributed by atoms with Crippen LogP contribution in [0.5, 0.6) is 0 Å². The maximum Gasteiger partial charge on any atom is 0.322 e. The van der Waals surface area contributed by atoms with Crippen LogP contribution in [0.15, 0.2) is 84.4 Å². The molecule has 0 spiro atoms. The second-order valence-electron chi connectivity index (χ2n) is 9.71. The van der Waals surface area contributed by atoms with Crippen molar-refractivity contribution in [2.24, 2.45) is 0 Å². The Bertz CT molecular complexity index is 1510. The van der Waals surface area contributed by atoms with Crippen molar-refractivity contribution in [3.63, 3.8) is 0 Å². The number of nitrogens with zero attached hydrogens (tertiary/aromatic N) is 4. The van der Waals surface area contributed by atoms with Gasteiger partial charge in [0.1, 0.15) is 5.01 Å². The number of carbonyl (C=O) groups is 1. The molecular weight excluding hydrogens is 478 g/mol. The van der Waals surface area contributed by atoms with Gasteiger partial charge >= 0.3 is 6.03 Å². The lowest BCUT2D eigenvalue weighted by molar-refractivity contribution is 0.193. The van der Waals surface area contributed by atoms with E-state index in [2.05, 4.69) is 48.4 Å². The second kappa shape index (κ2) is 10.6. The van der Waals surface area contributed by atoms with Crippen LogP contribution in [0.1, 0.15) is 44.9 Å². The maximum atomic E-state index is 13.5. The SMILES string of the molecule is CC(C)c1nn(-c2ccccc2)c2cc(NC(=O)N(Cc3cccc(-c4nccs4)c3)C(C)C)ccc12. The van der Waals surface area contributed by atoms with Crippen LogP contribution in [0.2, 0.25) is 0 Å². The van der Waals surface area contributed by atoms with Crippen LogP contribution >= 0.6 is 11.3 Å². The number of para-hydroxylation sites is 1. The van der Waals surface area contributed by atoms with Gasteiger partial charge in [-0.2, -0.15) is 5.10 Å². The van der Waals surface area contributed by atoms with E-state index in [-0.39, 0.29) is 18.0 Å². The molecule has 0 unspecified atom stereocenters. The van der Waals surface area contributed by atoms with Gasteiger partial charge < -0.3 is 10.2 Å². The number of amides is 2. The number of aromatic nitrogens is 3. The largest absolute Gasteiger partial charge is 0.322 e. The van der Waals surface area contributed by atoms with Gasteiger partial charge in [0.05, 0.1) is 16.9 Å². The molecule has 7 heteroatoms. The number of anilines is 1. The third kappa shape index (κ3) is 5.27. The summed E-state index contributed by atoms with van der Waals surface area (Å²) in [6.07, 6.45) is 1.81. The van der Waals surface area contributed by atoms with Crippen molar-refractivity contribution in [2.45, 2.75) is 46.2 Å². The first-order valence-electron chi connectivity index (χ1n) is 12.5. The maximum absolute atomic E-state index is 13.5. The van der Waals surface area contributed by atoms with Crippen LogP contribution in [0.25, 0.3) is 27.2 Å². The molecule has 188 valence electrons. The van der Waals surface area contributed by atoms with Gasteiger partial charge in [-0.15, -0.1) is 11.3 Å². The van der Waals surface area contributed by atoms with Gasteiger partial charge in [-0.05, 0) is 61.7 Å². The topological polar surface area (TPSA) is 63.1 Å². The zero-order valence-electron chi connectivity index (χ0n) is 21.6. The minimum atomic E-state index is -0.135. The molecular formula is C30H31N5OS. The first-order valence-corrected chi connectivity index (χ1v) is 13.4. The van der Waals surface area contributed by atoms with Crippen LogP contribution in [0.3, 0.4) is 0 Å². The summed E-state index contributed by atoms with van der Waals surface area (Å²) in [7, 11) is 0. The molecule has 0 bridgehead atoms. The summed E-state index contributed by atoms with van der Waals surface area (Å²) in [5.41, 5.74) is 5.88. The number of carbonyl (C=O) groups excluding carboxylic acids is 1. The number of urea groups is 1. The van der Waals surface area contributed by atoms with Crippen molar-refractivity contribution in [1.82, 2.24) is 19.7 Å². The lowest BCUT2D eigenvalue weighted by Crippen LogP contribution is -2.39. The Labute approximate surface area is 221 Å². The van der Waals surface area contributed by atoms with E-state index in [0.717, 1.165) is 44.1 Å². The van der Waals surface area contributed by atoms with Crippen LogP contribution in [0.4, 0.5) is 10.5 Å². The molecule has 6 nitrogen and oxygen atoms in total. The fourth-order valence-electron chi connectivity index (χ4n) is 4.46. The fourth-order valence-corrected chi connectivity index (χ4v) is 5.09. The van der Waals surface area contributed by atoms with E-state index in [1.54, 1.807) is 11.3 Å². The summed E-state index contributed by atoms with van der Waals surface area (Å²) in [4.78, 5) is 19.7. The van der Waals surface area contributed by atoms with E-state index in [1.807, 2.05) is 83.5 Å². The minimum absolute atomic E-state index is 0.0228. The van der Waals surface area contributed by atoms with E-state index in [0.29, 0.717) is 6.54 Å². The lowest BCUT2D eigenvalue weighted by Gasteiger charge is -2.27. The van der Waals surface area contributed by atoms with Gasteiger partial charge in [0.15, 0.2) is 0 Å². The molecule has 0 fully saturated rings. The van der Waals surface area contributed by atoms with Gasteiger partial charge in [0, 0.05) is 40.8 Å². The highest BCUT2D eigenvalue weighted by molar-refractivity contribution is 7.13. The van der Waals surface area contributed by atoms with Gasteiger partial charge in [-0.3, -0.25) is 0 Å². The third-order valence-corrected chi connectivity index (χ3v) is 7.17. The van der Waals surface area contributed by atoms with E-state index in [4.69, 9.17) is 5.10 Å². The second-order valence-corrected chi connectivity index (χ2v) is 10.6. The summed E-state index contributed by atoms with van der Waals surface area (Å²) in [5, 5.41) is 12.1. The molecule has 0 aliphatic heterocycles. The molecule has 0 aliphatic carbocycles. The van der Waals surface area contributed by atoms with Crippen molar-refractivity contribution in [3.05, 3.63) is 95.6 Å². The average molecular weight is 510 g/mol. The highest BCUT2D eigenvalue weighted by atomic mass is 32.1. The molecule has 1 N–H and O–H groups in total. The Morgan fingerprint density at radius 1 is 1.00 bits per heavy atom. The van der Waals surface area contributed by atoms with Crippen LogP contribution in [-0.2, 0) is 6.54 Å². The molecule has 0 atom stereocenters. The molecule has 2 aromatic heterocycles. The highest BCUT2D eigenvalue weighted by Gasteiger charge is 2.20. The van der Waals surface area contributed by atoms with E-state index in [9.17, 15) is 4.79 Å². The van der Waals surface area contributed by atoms with Crippen molar-refractivity contribution in [1.29, 1.82) is 0 Å². The molecule has 37 heavy (non-hydrogen) atoms. The van der Waals surface area contributed by atoms with Crippen molar-refractivity contribution in [2.75, 3.05) is 5.32 Å². The Morgan fingerprint density at radius 2 is 1.81 bits per heavy atom. The summed E-state index contributed by atoms with van der Waals surface area (Å²) in [5.74, 6) is 0.282. The Kier molecular flexibility index (Phi) is 7.06. The molecule has 5 rings (SSSR count). The quantitative estimate of drug-likeness (QED) is 0.244. The first kappa shape index (κ1) is 24.7. The smallest absolute Gasteiger partial charge is 0.318 e. The Balaban J connectivity index is 1.42.